The number of ether oxygens (including phenoxy) is 4. The highest BCUT2D eigenvalue weighted by Gasteiger charge is 2.31. The van der Waals surface area contributed by atoms with E-state index in [9.17, 15) is 13.2 Å². The van der Waals surface area contributed by atoms with Crippen LogP contribution in [0.2, 0.25) is 5.02 Å². The van der Waals surface area contributed by atoms with Gasteiger partial charge in [-0.05, 0) is 48.9 Å². The third-order valence-electron chi connectivity index (χ3n) is 5.34. The molecule has 0 aromatic heterocycles. The van der Waals surface area contributed by atoms with Crippen molar-refractivity contribution in [1.82, 2.24) is 0 Å². The van der Waals surface area contributed by atoms with Crippen molar-refractivity contribution in [2.24, 2.45) is 0 Å². The average molecular weight is 535 g/mol. The SMILES string of the molecule is COc1ccc(OC)c(N(CC(=O)Nc2ccc(C)c(Cl)c2)S(=O)(=O)c2ccc(OC)c(OC)c2)c1. The topological polar surface area (TPSA) is 103 Å². The molecular formula is C25H27ClN2O7S. The second-order valence-electron chi connectivity index (χ2n) is 7.58. The van der Waals surface area contributed by atoms with E-state index < -0.39 is 22.5 Å². The molecule has 0 saturated heterocycles. The molecule has 0 unspecified atom stereocenters. The smallest absolute Gasteiger partial charge is 0.265 e. The summed E-state index contributed by atoms with van der Waals surface area (Å²) in [5, 5.41) is 3.16. The number of amides is 1. The molecule has 11 heteroatoms. The fourth-order valence-corrected chi connectivity index (χ4v) is 5.02. The lowest BCUT2D eigenvalue weighted by molar-refractivity contribution is -0.114. The molecule has 0 saturated carbocycles. The number of aryl methyl sites for hydroxylation is 1. The molecule has 0 radical (unpaired) electrons. The zero-order chi connectivity index (χ0) is 26.5. The Balaban J connectivity index is 2.09. The Bertz CT molecular complexity index is 1360. The number of benzene rings is 3. The van der Waals surface area contributed by atoms with Crippen molar-refractivity contribution in [3.63, 3.8) is 0 Å². The summed E-state index contributed by atoms with van der Waals surface area (Å²) in [6.07, 6.45) is 0. The first-order valence-electron chi connectivity index (χ1n) is 10.7. The van der Waals surface area contributed by atoms with E-state index in [4.69, 9.17) is 30.5 Å². The highest BCUT2D eigenvalue weighted by atomic mass is 35.5. The molecule has 0 spiro atoms. The molecule has 36 heavy (non-hydrogen) atoms. The predicted molar refractivity (Wildman–Crippen MR) is 138 cm³/mol. The van der Waals surface area contributed by atoms with Crippen molar-refractivity contribution in [2.75, 3.05) is 44.6 Å². The van der Waals surface area contributed by atoms with Crippen molar-refractivity contribution >= 4 is 38.9 Å². The minimum atomic E-state index is -4.30. The van der Waals surface area contributed by atoms with Crippen molar-refractivity contribution in [3.05, 3.63) is 65.2 Å². The first kappa shape index (κ1) is 27.0. The standard InChI is InChI=1S/C25H27ClN2O7S/c1-16-6-7-17(12-20(16)26)27-25(29)15-28(21-13-18(32-2)8-10-22(21)33-3)36(30,31)19-9-11-23(34-4)24(14-19)35-5/h6-14H,15H2,1-5H3,(H,27,29). The molecule has 0 fully saturated rings. The van der Waals surface area contributed by atoms with Crippen LogP contribution in [0.5, 0.6) is 23.0 Å². The third kappa shape index (κ3) is 5.77. The van der Waals surface area contributed by atoms with Gasteiger partial charge in [-0.1, -0.05) is 17.7 Å². The van der Waals surface area contributed by atoms with E-state index in [-0.39, 0.29) is 22.1 Å². The van der Waals surface area contributed by atoms with Crippen molar-refractivity contribution in [2.45, 2.75) is 11.8 Å². The zero-order valence-corrected chi connectivity index (χ0v) is 22.1. The molecule has 0 heterocycles. The summed E-state index contributed by atoms with van der Waals surface area (Å²) in [4.78, 5) is 13.0. The third-order valence-corrected chi connectivity index (χ3v) is 7.50. The van der Waals surface area contributed by atoms with Crippen LogP contribution in [0.15, 0.2) is 59.5 Å². The Morgan fingerprint density at radius 1 is 0.861 bits per heavy atom. The largest absolute Gasteiger partial charge is 0.497 e. The molecule has 3 aromatic carbocycles. The van der Waals surface area contributed by atoms with Crippen LogP contribution in [0, 0.1) is 6.92 Å². The quantitative estimate of drug-likeness (QED) is 0.408. The van der Waals surface area contributed by atoms with Crippen molar-refractivity contribution in [3.8, 4) is 23.0 Å². The van der Waals surface area contributed by atoms with Gasteiger partial charge in [0.2, 0.25) is 5.91 Å². The van der Waals surface area contributed by atoms with Crippen LogP contribution < -0.4 is 28.6 Å². The number of methoxy groups -OCH3 is 4. The molecule has 0 atom stereocenters. The number of hydrogen-bond donors (Lipinski definition) is 1. The monoisotopic (exact) mass is 534 g/mol. The van der Waals surface area contributed by atoms with Gasteiger partial charge in [0.15, 0.2) is 11.5 Å². The summed E-state index contributed by atoms with van der Waals surface area (Å²) in [6, 6.07) is 13.8. The maximum absolute atomic E-state index is 13.9. The van der Waals surface area contributed by atoms with Gasteiger partial charge in [-0.3, -0.25) is 9.10 Å². The Morgan fingerprint density at radius 2 is 1.53 bits per heavy atom. The number of halogens is 1. The molecule has 1 amide bonds. The number of sulfonamides is 1. The average Bonchev–Trinajstić information content (AvgIpc) is 2.88. The number of carbonyl (C=O) groups excluding carboxylic acids is 1. The highest BCUT2D eigenvalue weighted by molar-refractivity contribution is 7.92. The molecule has 0 bridgehead atoms. The van der Waals surface area contributed by atoms with Gasteiger partial charge in [-0.15, -0.1) is 0 Å². The molecule has 1 N–H and O–H groups in total. The molecule has 3 rings (SSSR count). The number of anilines is 2. The van der Waals surface area contributed by atoms with E-state index in [2.05, 4.69) is 5.32 Å². The van der Waals surface area contributed by atoms with Gasteiger partial charge in [0.25, 0.3) is 10.0 Å². The van der Waals surface area contributed by atoms with Crippen molar-refractivity contribution < 1.29 is 32.2 Å². The van der Waals surface area contributed by atoms with Crippen LogP contribution in [0.3, 0.4) is 0 Å². The summed E-state index contributed by atoms with van der Waals surface area (Å²) >= 11 is 6.17. The van der Waals surface area contributed by atoms with Gasteiger partial charge in [0.1, 0.15) is 18.0 Å². The maximum atomic E-state index is 13.9. The summed E-state index contributed by atoms with van der Waals surface area (Å²) in [7, 11) is 1.40. The van der Waals surface area contributed by atoms with Gasteiger partial charge in [-0.25, -0.2) is 8.42 Å². The number of hydrogen-bond acceptors (Lipinski definition) is 7. The van der Waals surface area contributed by atoms with Crippen LogP contribution in [0.1, 0.15) is 5.56 Å². The van der Waals surface area contributed by atoms with Gasteiger partial charge < -0.3 is 24.3 Å². The van der Waals surface area contributed by atoms with Crippen LogP contribution in [0.25, 0.3) is 0 Å². The first-order chi connectivity index (χ1) is 17.1. The fourth-order valence-electron chi connectivity index (χ4n) is 3.40. The summed E-state index contributed by atoms with van der Waals surface area (Å²) in [5.41, 5.74) is 1.38. The number of rotatable bonds is 10. The fraction of sp³-hybridized carbons (Fsp3) is 0.240. The van der Waals surface area contributed by atoms with Crippen LogP contribution >= 0.6 is 11.6 Å². The van der Waals surface area contributed by atoms with Crippen LogP contribution in [-0.4, -0.2) is 49.3 Å². The van der Waals surface area contributed by atoms with Crippen LogP contribution in [0.4, 0.5) is 11.4 Å². The van der Waals surface area contributed by atoms with E-state index in [1.165, 1.54) is 52.7 Å². The van der Waals surface area contributed by atoms with Gasteiger partial charge >= 0.3 is 0 Å². The predicted octanol–water partition coefficient (Wildman–Crippen LogP) is 4.52. The Hall–Kier alpha value is -3.63. The number of nitrogens with zero attached hydrogens (tertiary/aromatic N) is 1. The number of carbonyl (C=O) groups is 1. The van der Waals surface area contributed by atoms with Crippen molar-refractivity contribution in [1.29, 1.82) is 0 Å². The lowest BCUT2D eigenvalue weighted by atomic mass is 10.2. The second kappa shape index (κ2) is 11.4. The summed E-state index contributed by atoms with van der Waals surface area (Å²) in [5.74, 6) is 0.588. The maximum Gasteiger partial charge on any atom is 0.265 e. The minimum Gasteiger partial charge on any atom is -0.497 e. The summed E-state index contributed by atoms with van der Waals surface area (Å²) < 4.78 is 49.9. The van der Waals surface area contributed by atoms with E-state index in [1.807, 2.05) is 6.92 Å². The van der Waals surface area contributed by atoms with E-state index in [0.29, 0.717) is 22.2 Å². The minimum absolute atomic E-state index is 0.115. The Labute approximate surface area is 215 Å². The molecule has 0 aliphatic heterocycles. The van der Waals surface area contributed by atoms with Gasteiger partial charge in [0.05, 0.1) is 39.0 Å². The van der Waals surface area contributed by atoms with Crippen LogP contribution in [-0.2, 0) is 14.8 Å². The molecule has 9 nitrogen and oxygen atoms in total. The van der Waals surface area contributed by atoms with E-state index >= 15 is 0 Å². The second-order valence-corrected chi connectivity index (χ2v) is 9.85. The molecule has 192 valence electrons. The van der Waals surface area contributed by atoms with Gasteiger partial charge in [-0.2, -0.15) is 0 Å². The van der Waals surface area contributed by atoms with Gasteiger partial charge in [0, 0.05) is 22.8 Å². The molecule has 3 aromatic rings. The first-order valence-corrected chi connectivity index (χ1v) is 12.5. The highest BCUT2D eigenvalue weighted by Crippen LogP contribution is 2.37. The lowest BCUT2D eigenvalue weighted by Gasteiger charge is -2.26. The van der Waals surface area contributed by atoms with E-state index in [1.54, 1.807) is 30.3 Å². The van der Waals surface area contributed by atoms with E-state index in [0.717, 1.165) is 9.87 Å². The molecular weight excluding hydrogens is 508 g/mol. The Kier molecular flexibility index (Phi) is 8.54. The lowest BCUT2D eigenvalue weighted by Crippen LogP contribution is -2.38. The molecule has 0 aliphatic rings. The number of nitrogens with one attached hydrogen (secondary N) is 1. The molecule has 0 aliphatic carbocycles. The normalized spacial score (nSPS) is 10.9. The zero-order valence-electron chi connectivity index (χ0n) is 20.5. The summed E-state index contributed by atoms with van der Waals surface area (Å²) in [6.45, 7) is 1.27. The Morgan fingerprint density at radius 3 is 2.14 bits per heavy atom.